The number of benzene rings is 1. The van der Waals surface area contributed by atoms with E-state index < -0.39 is 12.7 Å². The largest absolute Gasteiger partial charge is 0.494 e. The third kappa shape index (κ3) is 11.3. The molecule has 5 nitrogen and oxygen atoms in total. The molecule has 2 N–H and O–H groups in total. The Labute approximate surface area is 176 Å². The number of rotatable bonds is 9. The molecule has 0 bridgehead atoms. The zero-order chi connectivity index (χ0) is 19.6. The van der Waals surface area contributed by atoms with Gasteiger partial charge in [0.25, 0.3) is 0 Å². The number of aliphatic imine (C=N–C) groups is 1. The zero-order valence-corrected chi connectivity index (χ0v) is 18.6. The van der Waals surface area contributed by atoms with E-state index in [1.54, 1.807) is 7.05 Å². The molecule has 1 aromatic carbocycles. The minimum absolute atomic E-state index is 0. The van der Waals surface area contributed by atoms with E-state index in [1.807, 2.05) is 32.0 Å². The molecule has 1 rings (SSSR count). The minimum Gasteiger partial charge on any atom is -0.494 e. The first-order valence-corrected chi connectivity index (χ1v) is 8.67. The molecule has 0 fully saturated rings. The molecule has 0 saturated carbocycles. The van der Waals surface area contributed by atoms with E-state index in [0.29, 0.717) is 38.6 Å². The third-order valence-corrected chi connectivity index (χ3v) is 3.65. The summed E-state index contributed by atoms with van der Waals surface area (Å²) in [6, 6.07) is 6.02. The molecular formula is C18H30F3IN4O. The fraction of sp³-hybridized carbons (Fsp3) is 0.611. The van der Waals surface area contributed by atoms with Crippen molar-refractivity contribution in [2.45, 2.75) is 33.0 Å². The van der Waals surface area contributed by atoms with E-state index in [0.717, 1.165) is 16.9 Å². The minimum atomic E-state index is -4.16. The van der Waals surface area contributed by atoms with Crippen molar-refractivity contribution in [1.29, 1.82) is 0 Å². The molecule has 0 heterocycles. The van der Waals surface area contributed by atoms with Crippen LogP contribution in [-0.2, 0) is 6.54 Å². The molecule has 0 saturated heterocycles. The molecule has 27 heavy (non-hydrogen) atoms. The Hall–Kier alpha value is -1.23. The summed E-state index contributed by atoms with van der Waals surface area (Å²) in [6.07, 6.45) is -3.58. The van der Waals surface area contributed by atoms with Gasteiger partial charge in [0.1, 0.15) is 5.75 Å². The van der Waals surface area contributed by atoms with Gasteiger partial charge in [0, 0.05) is 25.7 Å². The van der Waals surface area contributed by atoms with E-state index in [2.05, 4.69) is 15.6 Å². The summed E-state index contributed by atoms with van der Waals surface area (Å²) >= 11 is 0. The highest BCUT2D eigenvalue weighted by Crippen LogP contribution is 2.20. The van der Waals surface area contributed by atoms with Crippen LogP contribution in [0.5, 0.6) is 5.75 Å². The van der Waals surface area contributed by atoms with E-state index in [1.165, 1.54) is 11.9 Å². The Morgan fingerprint density at radius 3 is 2.56 bits per heavy atom. The van der Waals surface area contributed by atoms with Crippen LogP contribution in [0.1, 0.15) is 24.5 Å². The number of halogens is 4. The summed E-state index contributed by atoms with van der Waals surface area (Å²) in [5.41, 5.74) is 2.15. The number of nitrogens with one attached hydrogen (secondary N) is 2. The maximum absolute atomic E-state index is 12.3. The fourth-order valence-corrected chi connectivity index (χ4v) is 2.44. The second-order valence-corrected chi connectivity index (χ2v) is 6.10. The van der Waals surface area contributed by atoms with Crippen LogP contribution < -0.4 is 15.4 Å². The number of hydrogen-bond acceptors (Lipinski definition) is 3. The topological polar surface area (TPSA) is 48.9 Å². The highest BCUT2D eigenvalue weighted by atomic mass is 127. The van der Waals surface area contributed by atoms with Crippen LogP contribution in [0.25, 0.3) is 0 Å². The average molecular weight is 502 g/mol. The number of ether oxygens (including phenoxy) is 1. The van der Waals surface area contributed by atoms with E-state index in [-0.39, 0.29) is 24.0 Å². The molecule has 0 radical (unpaired) electrons. The van der Waals surface area contributed by atoms with Gasteiger partial charge in [-0.3, -0.25) is 9.89 Å². The molecule has 0 unspecified atom stereocenters. The molecule has 0 aliphatic heterocycles. The molecule has 1 aromatic rings. The van der Waals surface area contributed by atoms with Crippen LogP contribution in [0, 0.1) is 6.92 Å². The van der Waals surface area contributed by atoms with Crippen molar-refractivity contribution in [3.8, 4) is 5.75 Å². The number of nitrogens with zero attached hydrogens (tertiary/aromatic N) is 2. The maximum atomic E-state index is 12.3. The molecule has 156 valence electrons. The number of guanidine groups is 1. The molecule has 0 aliphatic rings. The molecule has 0 aromatic heterocycles. The zero-order valence-electron chi connectivity index (χ0n) is 16.3. The second kappa shape index (κ2) is 13.0. The van der Waals surface area contributed by atoms with Crippen LogP contribution in [0.3, 0.4) is 0 Å². The fourth-order valence-electron chi connectivity index (χ4n) is 2.44. The standard InChI is InChI=1S/C18H29F3N4O.HI/c1-5-26-16-11-14(2)7-8-15(16)12-24-17(22-3)23-9-6-10-25(4)13-18(19,20)21;/h7-8,11H,5-6,9-10,12-13H2,1-4H3,(H2,22,23,24);1H. The molecular weight excluding hydrogens is 472 g/mol. The summed E-state index contributed by atoms with van der Waals surface area (Å²) in [6.45, 7) is 5.08. The Morgan fingerprint density at radius 2 is 1.96 bits per heavy atom. The van der Waals surface area contributed by atoms with Crippen molar-refractivity contribution in [3.63, 3.8) is 0 Å². The Morgan fingerprint density at radius 1 is 1.26 bits per heavy atom. The van der Waals surface area contributed by atoms with Gasteiger partial charge in [-0.05, 0) is 45.5 Å². The molecule has 0 atom stereocenters. The quantitative estimate of drug-likeness (QED) is 0.235. The SMILES string of the molecule is CCOc1cc(C)ccc1CNC(=NC)NCCCN(C)CC(F)(F)F.I. The van der Waals surface area contributed by atoms with Gasteiger partial charge < -0.3 is 15.4 Å². The summed E-state index contributed by atoms with van der Waals surface area (Å²) < 4.78 is 42.5. The first-order valence-electron chi connectivity index (χ1n) is 8.67. The Kier molecular flexibility index (Phi) is 12.4. The lowest BCUT2D eigenvalue weighted by Gasteiger charge is -2.19. The Bertz CT molecular complexity index is 582. The van der Waals surface area contributed by atoms with Crippen molar-refractivity contribution in [1.82, 2.24) is 15.5 Å². The molecule has 0 aliphatic carbocycles. The normalized spacial score (nSPS) is 11.9. The van der Waals surface area contributed by atoms with Crippen molar-refractivity contribution < 1.29 is 17.9 Å². The van der Waals surface area contributed by atoms with E-state index in [4.69, 9.17) is 4.74 Å². The van der Waals surface area contributed by atoms with Crippen molar-refractivity contribution in [3.05, 3.63) is 29.3 Å². The number of alkyl halides is 3. The first kappa shape index (κ1) is 25.8. The summed E-state index contributed by atoms with van der Waals surface area (Å²) in [4.78, 5) is 5.39. The van der Waals surface area contributed by atoms with Crippen molar-refractivity contribution in [2.24, 2.45) is 4.99 Å². The monoisotopic (exact) mass is 502 g/mol. The van der Waals surface area contributed by atoms with E-state index in [9.17, 15) is 13.2 Å². The maximum Gasteiger partial charge on any atom is 0.401 e. The van der Waals surface area contributed by atoms with Crippen LogP contribution in [-0.4, -0.2) is 57.4 Å². The van der Waals surface area contributed by atoms with Gasteiger partial charge >= 0.3 is 6.18 Å². The Balaban J connectivity index is 0.00000676. The molecule has 0 amide bonds. The van der Waals surface area contributed by atoms with Gasteiger partial charge in [-0.1, -0.05) is 12.1 Å². The van der Waals surface area contributed by atoms with Gasteiger partial charge in [-0.25, -0.2) is 0 Å². The van der Waals surface area contributed by atoms with Gasteiger partial charge in [0.15, 0.2) is 5.96 Å². The lowest BCUT2D eigenvalue weighted by molar-refractivity contribution is -0.143. The third-order valence-electron chi connectivity index (χ3n) is 3.65. The lowest BCUT2D eigenvalue weighted by atomic mass is 10.1. The van der Waals surface area contributed by atoms with Crippen LogP contribution in [0.2, 0.25) is 0 Å². The second-order valence-electron chi connectivity index (χ2n) is 6.10. The predicted octanol–water partition coefficient (Wildman–Crippen LogP) is 3.56. The molecule has 9 heteroatoms. The average Bonchev–Trinajstić information content (AvgIpc) is 2.54. The van der Waals surface area contributed by atoms with Crippen molar-refractivity contribution in [2.75, 3.05) is 40.3 Å². The summed E-state index contributed by atoms with van der Waals surface area (Å²) in [5.74, 6) is 1.44. The summed E-state index contributed by atoms with van der Waals surface area (Å²) in [5, 5.41) is 6.31. The van der Waals surface area contributed by atoms with Gasteiger partial charge in [-0.2, -0.15) is 13.2 Å². The van der Waals surface area contributed by atoms with Gasteiger partial charge in [0.05, 0.1) is 13.2 Å². The lowest BCUT2D eigenvalue weighted by Crippen LogP contribution is -2.39. The van der Waals surface area contributed by atoms with Gasteiger partial charge in [-0.15, -0.1) is 24.0 Å². The molecule has 0 spiro atoms. The number of aryl methyl sites for hydroxylation is 1. The van der Waals surface area contributed by atoms with Crippen LogP contribution in [0.15, 0.2) is 23.2 Å². The summed E-state index contributed by atoms with van der Waals surface area (Å²) in [7, 11) is 3.12. The van der Waals surface area contributed by atoms with Gasteiger partial charge in [0.2, 0.25) is 0 Å². The van der Waals surface area contributed by atoms with Crippen LogP contribution in [0.4, 0.5) is 13.2 Å². The van der Waals surface area contributed by atoms with Crippen molar-refractivity contribution >= 4 is 29.9 Å². The van der Waals surface area contributed by atoms with Crippen LogP contribution >= 0.6 is 24.0 Å². The van der Waals surface area contributed by atoms with E-state index >= 15 is 0 Å². The predicted molar refractivity (Wildman–Crippen MR) is 114 cm³/mol. The number of hydrogen-bond donors (Lipinski definition) is 2. The first-order chi connectivity index (χ1) is 12.2. The highest BCUT2D eigenvalue weighted by molar-refractivity contribution is 14.0. The smallest absolute Gasteiger partial charge is 0.401 e. The highest BCUT2D eigenvalue weighted by Gasteiger charge is 2.28.